The van der Waals surface area contributed by atoms with Gasteiger partial charge in [-0.15, -0.1) is 5.10 Å². The van der Waals surface area contributed by atoms with E-state index in [1.165, 1.54) is 0 Å². The average Bonchev–Trinajstić information content (AvgIpc) is 3.04. The second-order valence-corrected chi connectivity index (χ2v) is 6.02. The van der Waals surface area contributed by atoms with Gasteiger partial charge in [0.15, 0.2) is 0 Å². The van der Waals surface area contributed by atoms with E-state index >= 15 is 0 Å². The maximum absolute atomic E-state index is 12.5. The zero-order valence-electron chi connectivity index (χ0n) is 13.4. The van der Waals surface area contributed by atoms with Gasteiger partial charge in [0.1, 0.15) is 5.82 Å². The smallest absolute Gasteiger partial charge is 0.248 e. The number of aromatic nitrogens is 5. The first-order valence-corrected chi connectivity index (χ1v) is 7.88. The van der Waals surface area contributed by atoms with Crippen LogP contribution in [0.1, 0.15) is 38.4 Å². The second kappa shape index (κ2) is 6.72. The average molecular weight is 315 g/mol. The summed E-state index contributed by atoms with van der Waals surface area (Å²) >= 11 is 0. The summed E-state index contributed by atoms with van der Waals surface area (Å²) in [7, 11) is 0. The van der Waals surface area contributed by atoms with Crippen LogP contribution >= 0.6 is 0 Å². The second-order valence-electron chi connectivity index (χ2n) is 6.02. The van der Waals surface area contributed by atoms with E-state index in [0.29, 0.717) is 18.4 Å². The summed E-state index contributed by atoms with van der Waals surface area (Å²) in [6.45, 7) is 5.51. The van der Waals surface area contributed by atoms with Gasteiger partial charge in [-0.2, -0.15) is 4.98 Å². The van der Waals surface area contributed by atoms with Crippen molar-refractivity contribution in [2.45, 2.75) is 32.6 Å². The molecule has 1 aliphatic heterocycles. The summed E-state index contributed by atoms with van der Waals surface area (Å²) in [5.74, 6) is 1.85. The highest BCUT2D eigenvalue weighted by molar-refractivity contribution is 5.91. The molecular formula is C15H21N7O. The van der Waals surface area contributed by atoms with Crippen LogP contribution < -0.4 is 10.2 Å². The van der Waals surface area contributed by atoms with Gasteiger partial charge in [-0.25, -0.2) is 9.97 Å². The monoisotopic (exact) mass is 315 g/mol. The summed E-state index contributed by atoms with van der Waals surface area (Å²) in [5.41, 5.74) is 0. The zero-order valence-corrected chi connectivity index (χ0v) is 13.4. The van der Waals surface area contributed by atoms with E-state index < -0.39 is 0 Å². The minimum atomic E-state index is -0.117. The number of rotatable bonds is 4. The molecule has 1 fully saturated rings. The first kappa shape index (κ1) is 15.4. The highest BCUT2D eigenvalue weighted by Crippen LogP contribution is 2.21. The highest BCUT2D eigenvalue weighted by atomic mass is 16.2. The van der Waals surface area contributed by atoms with Crippen LogP contribution in [-0.2, 0) is 4.79 Å². The van der Waals surface area contributed by atoms with Gasteiger partial charge in [0.2, 0.25) is 17.8 Å². The third-order valence-corrected chi connectivity index (χ3v) is 3.91. The maximum Gasteiger partial charge on any atom is 0.248 e. The Bertz CT molecular complexity index is 655. The lowest BCUT2D eigenvalue weighted by Crippen LogP contribution is -2.41. The van der Waals surface area contributed by atoms with Crippen molar-refractivity contribution in [2.75, 3.05) is 23.3 Å². The molecular weight excluding hydrogens is 294 g/mol. The number of carbonyl (C=O) groups excluding carboxylic acids is 1. The Morgan fingerprint density at radius 1 is 1.39 bits per heavy atom. The van der Waals surface area contributed by atoms with Gasteiger partial charge in [0.25, 0.3) is 0 Å². The first-order valence-electron chi connectivity index (χ1n) is 7.88. The molecule has 2 aromatic heterocycles. The standard InChI is InChI=1S/C15H21N7O/c1-10(2)12-18-14(21-20-12)19-13(23)11-5-3-8-22(9-11)15-16-6-4-7-17-15/h4,6-7,10-11H,3,5,8-9H2,1-2H3,(H2,18,19,20,21,23)/t11-/m0/s1. The molecule has 3 heterocycles. The van der Waals surface area contributed by atoms with E-state index in [2.05, 4.69) is 30.5 Å². The molecule has 23 heavy (non-hydrogen) atoms. The Balaban J connectivity index is 1.62. The summed E-state index contributed by atoms with van der Waals surface area (Å²) in [5, 5.41) is 9.68. The quantitative estimate of drug-likeness (QED) is 0.888. The SMILES string of the molecule is CC(C)c1nc(NC(=O)[C@H]2CCCN(c3ncccn3)C2)n[nH]1. The molecule has 1 aliphatic rings. The molecule has 0 spiro atoms. The lowest BCUT2D eigenvalue weighted by Gasteiger charge is -2.31. The van der Waals surface area contributed by atoms with Crippen molar-refractivity contribution >= 4 is 17.8 Å². The molecule has 1 saturated heterocycles. The molecule has 0 aromatic carbocycles. The number of hydrogen-bond donors (Lipinski definition) is 2. The van der Waals surface area contributed by atoms with Crippen molar-refractivity contribution < 1.29 is 4.79 Å². The van der Waals surface area contributed by atoms with E-state index in [-0.39, 0.29) is 17.7 Å². The summed E-state index contributed by atoms with van der Waals surface area (Å²) in [4.78, 5) is 27.3. The van der Waals surface area contributed by atoms with Gasteiger partial charge in [0.05, 0.1) is 5.92 Å². The van der Waals surface area contributed by atoms with E-state index in [4.69, 9.17) is 0 Å². The molecule has 0 radical (unpaired) electrons. The van der Waals surface area contributed by atoms with Crippen LogP contribution in [0.4, 0.5) is 11.9 Å². The minimum Gasteiger partial charge on any atom is -0.340 e. The molecule has 2 aromatic rings. The molecule has 122 valence electrons. The third kappa shape index (κ3) is 3.64. The number of piperidine rings is 1. The Kier molecular flexibility index (Phi) is 4.50. The number of anilines is 2. The number of nitrogens with zero attached hydrogens (tertiary/aromatic N) is 5. The van der Waals surface area contributed by atoms with Gasteiger partial charge in [-0.3, -0.25) is 15.2 Å². The first-order chi connectivity index (χ1) is 11.1. The summed E-state index contributed by atoms with van der Waals surface area (Å²) < 4.78 is 0. The fourth-order valence-electron chi connectivity index (χ4n) is 2.63. The van der Waals surface area contributed by atoms with Gasteiger partial charge >= 0.3 is 0 Å². The molecule has 0 saturated carbocycles. The lowest BCUT2D eigenvalue weighted by atomic mass is 9.97. The molecule has 0 bridgehead atoms. The van der Waals surface area contributed by atoms with E-state index in [0.717, 1.165) is 25.2 Å². The topological polar surface area (TPSA) is 99.7 Å². The molecule has 2 N–H and O–H groups in total. The van der Waals surface area contributed by atoms with Gasteiger partial charge in [0, 0.05) is 31.4 Å². The normalized spacial score (nSPS) is 18.2. The van der Waals surface area contributed by atoms with Crippen molar-refractivity contribution in [3.05, 3.63) is 24.3 Å². The van der Waals surface area contributed by atoms with Crippen LogP contribution in [0.3, 0.4) is 0 Å². The number of nitrogens with one attached hydrogen (secondary N) is 2. The Morgan fingerprint density at radius 2 is 2.17 bits per heavy atom. The van der Waals surface area contributed by atoms with Crippen LogP contribution in [-0.4, -0.2) is 44.1 Å². The van der Waals surface area contributed by atoms with Gasteiger partial charge in [-0.05, 0) is 18.9 Å². The molecule has 8 heteroatoms. The number of H-pyrrole nitrogens is 1. The molecule has 0 unspecified atom stereocenters. The molecule has 1 atom stereocenters. The molecule has 8 nitrogen and oxygen atoms in total. The summed E-state index contributed by atoms with van der Waals surface area (Å²) in [6, 6.07) is 1.78. The molecule has 3 rings (SSSR count). The van der Waals surface area contributed by atoms with Crippen LogP contribution in [0.15, 0.2) is 18.5 Å². The number of amides is 1. The van der Waals surface area contributed by atoms with Crippen molar-refractivity contribution in [3.8, 4) is 0 Å². The number of carbonyl (C=O) groups is 1. The number of hydrogen-bond acceptors (Lipinski definition) is 6. The van der Waals surface area contributed by atoms with Crippen molar-refractivity contribution in [1.29, 1.82) is 0 Å². The van der Waals surface area contributed by atoms with E-state index in [1.54, 1.807) is 18.5 Å². The Morgan fingerprint density at radius 3 is 2.87 bits per heavy atom. The Hall–Kier alpha value is -2.51. The van der Waals surface area contributed by atoms with Crippen molar-refractivity contribution in [3.63, 3.8) is 0 Å². The van der Waals surface area contributed by atoms with Crippen LogP contribution in [0, 0.1) is 5.92 Å². The zero-order chi connectivity index (χ0) is 16.2. The van der Waals surface area contributed by atoms with Crippen LogP contribution in [0.5, 0.6) is 0 Å². The minimum absolute atomic E-state index is 0.0556. The van der Waals surface area contributed by atoms with Crippen LogP contribution in [0.25, 0.3) is 0 Å². The fraction of sp³-hybridized carbons (Fsp3) is 0.533. The predicted octanol–water partition coefficient (Wildman–Crippen LogP) is 1.57. The number of aromatic amines is 1. The fourth-order valence-corrected chi connectivity index (χ4v) is 2.63. The van der Waals surface area contributed by atoms with Gasteiger partial charge in [-0.1, -0.05) is 13.8 Å². The molecule has 1 amide bonds. The summed E-state index contributed by atoms with van der Waals surface area (Å²) in [6.07, 6.45) is 5.21. The maximum atomic E-state index is 12.5. The lowest BCUT2D eigenvalue weighted by molar-refractivity contribution is -0.120. The molecule has 0 aliphatic carbocycles. The van der Waals surface area contributed by atoms with Crippen LogP contribution in [0.2, 0.25) is 0 Å². The third-order valence-electron chi connectivity index (χ3n) is 3.91. The van der Waals surface area contributed by atoms with E-state index in [1.807, 2.05) is 18.7 Å². The van der Waals surface area contributed by atoms with Gasteiger partial charge < -0.3 is 4.90 Å². The highest BCUT2D eigenvalue weighted by Gasteiger charge is 2.27. The van der Waals surface area contributed by atoms with Crippen molar-refractivity contribution in [1.82, 2.24) is 25.1 Å². The largest absolute Gasteiger partial charge is 0.340 e. The van der Waals surface area contributed by atoms with Crippen molar-refractivity contribution in [2.24, 2.45) is 5.92 Å². The Labute approximate surface area is 134 Å². The predicted molar refractivity (Wildman–Crippen MR) is 86.1 cm³/mol. The van der Waals surface area contributed by atoms with E-state index in [9.17, 15) is 4.79 Å².